The number of carbonyl (C=O) groups is 1. The van der Waals surface area contributed by atoms with E-state index < -0.39 is 16.0 Å². The molecule has 0 atom stereocenters. The van der Waals surface area contributed by atoms with E-state index in [1.807, 2.05) is 0 Å². The Balaban J connectivity index is 3.14. The summed E-state index contributed by atoms with van der Waals surface area (Å²) in [6.45, 7) is 1.28. The Labute approximate surface area is 106 Å². The van der Waals surface area contributed by atoms with Crippen LogP contribution in [0.15, 0.2) is 23.1 Å². The summed E-state index contributed by atoms with van der Waals surface area (Å²) in [5.41, 5.74) is 6.53. The number of nitrogen functional groups attached to an aromatic ring is 1. The molecule has 6 nitrogen and oxygen atoms in total. The summed E-state index contributed by atoms with van der Waals surface area (Å²) in [6.07, 6.45) is 0. The molecule has 0 amide bonds. The lowest BCUT2D eigenvalue weighted by Crippen LogP contribution is -2.33. The van der Waals surface area contributed by atoms with Crippen LogP contribution in [0.4, 0.5) is 5.69 Å². The van der Waals surface area contributed by atoms with Crippen LogP contribution < -0.4 is 5.73 Å². The fourth-order valence-electron chi connectivity index (χ4n) is 1.41. The lowest BCUT2D eigenvalue weighted by Gasteiger charge is -2.17. The van der Waals surface area contributed by atoms with Gasteiger partial charge in [-0.3, -0.25) is 4.79 Å². The van der Waals surface area contributed by atoms with Crippen molar-refractivity contribution >= 4 is 21.7 Å². The molecule has 0 radical (unpaired) electrons. The zero-order chi connectivity index (χ0) is 13.9. The van der Waals surface area contributed by atoms with E-state index in [9.17, 15) is 13.2 Å². The number of benzene rings is 1. The number of carbonyl (C=O) groups excluding carboxylic acids is 1. The van der Waals surface area contributed by atoms with Gasteiger partial charge < -0.3 is 10.5 Å². The molecule has 0 aromatic heterocycles. The Bertz CT molecular complexity index is 554. The molecule has 1 rings (SSSR count). The van der Waals surface area contributed by atoms with Crippen LogP contribution in [-0.4, -0.2) is 39.4 Å². The standard InChI is InChI=1S/C11H16N2O4S/c1-8-9(12)5-4-6-10(8)18(15,16)13(2)7-11(14)17-3/h4-6H,7,12H2,1-3H3. The summed E-state index contributed by atoms with van der Waals surface area (Å²) >= 11 is 0. The number of hydrogen-bond donors (Lipinski definition) is 1. The van der Waals surface area contributed by atoms with E-state index in [0.717, 1.165) is 4.31 Å². The van der Waals surface area contributed by atoms with Gasteiger partial charge in [-0.15, -0.1) is 0 Å². The van der Waals surface area contributed by atoms with Gasteiger partial charge in [-0.05, 0) is 24.6 Å². The van der Waals surface area contributed by atoms with Crippen molar-refractivity contribution in [3.05, 3.63) is 23.8 Å². The van der Waals surface area contributed by atoms with Gasteiger partial charge in [-0.1, -0.05) is 6.07 Å². The van der Waals surface area contributed by atoms with Crippen molar-refractivity contribution in [1.29, 1.82) is 0 Å². The third-order valence-electron chi connectivity index (χ3n) is 2.59. The summed E-state index contributed by atoms with van der Waals surface area (Å²) in [5, 5.41) is 0. The molecule has 0 heterocycles. The van der Waals surface area contributed by atoms with E-state index in [2.05, 4.69) is 4.74 Å². The van der Waals surface area contributed by atoms with E-state index in [0.29, 0.717) is 11.3 Å². The molecule has 100 valence electrons. The van der Waals surface area contributed by atoms with Gasteiger partial charge >= 0.3 is 5.97 Å². The van der Waals surface area contributed by atoms with Crippen LogP contribution >= 0.6 is 0 Å². The summed E-state index contributed by atoms with van der Waals surface area (Å²) in [6, 6.07) is 4.63. The molecule has 0 bridgehead atoms. The minimum atomic E-state index is -3.74. The number of rotatable bonds is 4. The smallest absolute Gasteiger partial charge is 0.321 e. The maximum atomic E-state index is 12.2. The first kappa shape index (κ1) is 14.5. The largest absolute Gasteiger partial charge is 0.468 e. The number of anilines is 1. The lowest BCUT2D eigenvalue weighted by atomic mass is 10.2. The Morgan fingerprint density at radius 1 is 1.44 bits per heavy atom. The summed E-state index contributed by atoms with van der Waals surface area (Å²) < 4.78 is 29.8. The zero-order valence-corrected chi connectivity index (χ0v) is 11.3. The van der Waals surface area contributed by atoms with Gasteiger partial charge in [0.2, 0.25) is 10.0 Å². The van der Waals surface area contributed by atoms with Gasteiger partial charge in [-0.25, -0.2) is 8.42 Å². The molecule has 18 heavy (non-hydrogen) atoms. The molecule has 7 heteroatoms. The minimum absolute atomic E-state index is 0.0916. The number of methoxy groups -OCH3 is 1. The number of hydrogen-bond acceptors (Lipinski definition) is 5. The lowest BCUT2D eigenvalue weighted by molar-refractivity contribution is -0.140. The minimum Gasteiger partial charge on any atom is -0.468 e. The number of ether oxygens (including phenoxy) is 1. The first-order valence-corrected chi connectivity index (χ1v) is 6.63. The van der Waals surface area contributed by atoms with Crippen LogP contribution in [0.3, 0.4) is 0 Å². The zero-order valence-electron chi connectivity index (χ0n) is 10.5. The van der Waals surface area contributed by atoms with Crippen LogP contribution in [-0.2, 0) is 19.6 Å². The van der Waals surface area contributed by atoms with Gasteiger partial charge in [0.1, 0.15) is 6.54 Å². The summed E-state index contributed by atoms with van der Waals surface area (Å²) in [5.74, 6) is -0.623. The second-order valence-electron chi connectivity index (χ2n) is 3.81. The maximum absolute atomic E-state index is 12.2. The molecule has 0 aliphatic heterocycles. The van der Waals surface area contributed by atoms with Crippen molar-refractivity contribution in [1.82, 2.24) is 4.31 Å². The van der Waals surface area contributed by atoms with Crippen molar-refractivity contribution < 1.29 is 17.9 Å². The average molecular weight is 272 g/mol. The second-order valence-corrected chi connectivity index (χ2v) is 5.82. The van der Waals surface area contributed by atoms with Gasteiger partial charge in [0.25, 0.3) is 0 Å². The predicted molar refractivity (Wildman–Crippen MR) is 67.4 cm³/mol. The average Bonchev–Trinajstić information content (AvgIpc) is 2.32. The molecule has 0 aliphatic carbocycles. The summed E-state index contributed by atoms with van der Waals surface area (Å²) in [7, 11) is -1.23. The molecule has 0 unspecified atom stereocenters. The highest BCUT2D eigenvalue weighted by molar-refractivity contribution is 7.89. The fraction of sp³-hybridized carbons (Fsp3) is 0.364. The molecule has 0 spiro atoms. The van der Waals surface area contributed by atoms with E-state index in [4.69, 9.17) is 5.73 Å². The van der Waals surface area contributed by atoms with Crippen LogP contribution in [0.25, 0.3) is 0 Å². The number of nitrogens with zero attached hydrogens (tertiary/aromatic N) is 1. The van der Waals surface area contributed by atoms with E-state index >= 15 is 0 Å². The predicted octanol–water partition coefficient (Wildman–Crippen LogP) is 0.371. The third kappa shape index (κ3) is 2.80. The van der Waals surface area contributed by atoms with Crippen molar-refractivity contribution in [3.63, 3.8) is 0 Å². The maximum Gasteiger partial charge on any atom is 0.321 e. The highest BCUT2D eigenvalue weighted by atomic mass is 32.2. The molecule has 0 aliphatic rings. The van der Waals surface area contributed by atoms with Gasteiger partial charge in [0, 0.05) is 12.7 Å². The first-order valence-electron chi connectivity index (χ1n) is 5.19. The molecule has 0 saturated heterocycles. The van der Waals surface area contributed by atoms with Crippen molar-refractivity contribution in [2.45, 2.75) is 11.8 Å². The van der Waals surface area contributed by atoms with Crippen LogP contribution in [0.5, 0.6) is 0 Å². The monoisotopic (exact) mass is 272 g/mol. The number of esters is 1. The Hall–Kier alpha value is -1.60. The third-order valence-corrected chi connectivity index (χ3v) is 4.54. The first-order chi connectivity index (χ1) is 8.30. The number of sulfonamides is 1. The van der Waals surface area contributed by atoms with Crippen LogP contribution in [0.1, 0.15) is 5.56 Å². The van der Waals surface area contributed by atoms with Crippen molar-refractivity contribution in [2.75, 3.05) is 26.4 Å². The Morgan fingerprint density at radius 3 is 2.61 bits per heavy atom. The molecular weight excluding hydrogens is 256 g/mol. The topological polar surface area (TPSA) is 89.7 Å². The van der Waals surface area contributed by atoms with E-state index in [-0.39, 0.29) is 11.4 Å². The Kier molecular flexibility index (Phi) is 4.31. The van der Waals surface area contributed by atoms with Gasteiger partial charge in [-0.2, -0.15) is 4.31 Å². The van der Waals surface area contributed by atoms with Crippen LogP contribution in [0.2, 0.25) is 0 Å². The number of nitrogens with two attached hydrogens (primary N) is 1. The van der Waals surface area contributed by atoms with Gasteiger partial charge in [0.15, 0.2) is 0 Å². The normalized spacial score (nSPS) is 11.6. The highest BCUT2D eigenvalue weighted by Crippen LogP contribution is 2.22. The Morgan fingerprint density at radius 2 is 2.06 bits per heavy atom. The second kappa shape index (κ2) is 5.36. The fourth-order valence-corrected chi connectivity index (χ4v) is 2.78. The molecule has 1 aromatic carbocycles. The molecular formula is C11H16N2O4S. The molecule has 0 saturated carbocycles. The molecule has 2 N–H and O–H groups in total. The van der Waals surface area contributed by atoms with Crippen LogP contribution in [0, 0.1) is 6.92 Å². The van der Waals surface area contributed by atoms with E-state index in [1.165, 1.54) is 20.2 Å². The quantitative estimate of drug-likeness (QED) is 0.632. The SMILES string of the molecule is COC(=O)CN(C)S(=O)(=O)c1cccc(N)c1C. The number of likely N-dealkylation sites (N-methyl/N-ethyl adjacent to an activating group) is 1. The molecule has 1 aromatic rings. The van der Waals surface area contributed by atoms with Crippen molar-refractivity contribution in [2.24, 2.45) is 0 Å². The van der Waals surface area contributed by atoms with Crippen molar-refractivity contribution in [3.8, 4) is 0 Å². The van der Waals surface area contributed by atoms with Gasteiger partial charge in [0.05, 0.1) is 12.0 Å². The highest BCUT2D eigenvalue weighted by Gasteiger charge is 2.25. The van der Waals surface area contributed by atoms with E-state index in [1.54, 1.807) is 19.1 Å². The summed E-state index contributed by atoms with van der Waals surface area (Å²) in [4.78, 5) is 11.2. The molecule has 0 fully saturated rings.